The molecule has 166 valence electrons. The van der Waals surface area contributed by atoms with Crippen LogP contribution >= 0.6 is 0 Å². The largest absolute Gasteiger partial charge is 0.480 e. The van der Waals surface area contributed by atoms with Gasteiger partial charge in [-0.2, -0.15) is 0 Å². The van der Waals surface area contributed by atoms with Crippen LogP contribution in [0.4, 0.5) is 4.39 Å². The Kier molecular flexibility index (Phi) is 8.31. The Balaban J connectivity index is 2.11. The third kappa shape index (κ3) is 5.99. The predicted octanol–water partition coefficient (Wildman–Crippen LogP) is 0.672. The predicted molar refractivity (Wildman–Crippen MR) is 110 cm³/mol. The number of aliphatic carboxylic acids is 1. The number of carbonyl (C=O) groups is 3. The first kappa shape index (κ1) is 23.8. The highest BCUT2D eigenvalue weighted by molar-refractivity contribution is 5.92. The summed E-state index contributed by atoms with van der Waals surface area (Å²) in [4.78, 5) is 40.6. The highest BCUT2D eigenvalue weighted by atomic mass is 19.1. The molecule has 3 N–H and O–H groups in total. The molecule has 0 saturated carbocycles. The fourth-order valence-electron chi connectivity index (χ4n) is 3.41. The Labute approximate surface area is 176 Å². The van der Waals surface area contributed by atoms with Crippen LogP contribution in [0.3, 0.4) is 0 Å². The van der Waals surface area contributed by atoms with Crippen molar-refractivity contribution in [3.8, 4) is 0 Å². The van der Waals surface area contributed by atoms with Crippen LogP contribution in [0, 0.1) is 11.7 Å². The summed E-state index contributed by atoms with van der Waals surface area (Å²) in [7, 11) is 1.65. The maximum Gasteiger partial charge on any atom is 0.327 e. The van der Waals surface area contributed by atoms with E-state index in [9.17, 15) is 23.9 Å². The zero-order valence-electron chi connectivity index (χ0n) is 17.9. The number of amides is 2. The molecule has 1 heterocycles. The summed E-state index contributed by atoms with van der Waals surface area (Å²) in [6.45, 7) is 6.66. The number of piperazine rings is 1. The smallest absolute Gasteiger partial charge is 0.327 e. The van der Waals surface area contributed by atoms with Crippen LogP contribution < -0.4 is 10.6 Å². The summed E-state index contributed by atoms with van der Waals surface area (Å²) >= 11 is 0. The van der Waals surface area contributed by atoms with Crippen molar-refractivity contribution in [1.82, 2.24) is 20.4 Å². The molecule has 0 bridgehead atoms. The van der Waals surface area contributed by atoms with Gasteiger partial charge in [0.2, 0.25) is 11.8 Å². The molecule has 2 rings (SSSR count). The van der Waals surface area contributed by atoms with E-state index in [0.717, 1.165) is 5.56 Å². The van der Waals surface area contributed by atoms with Crippen molar-refractivity contribution in [2.24, 2.45) is 5.92 Å². The molecular formula is C21H31FN4O4. The molecule has 1 aromatic carbocycles. The second kappa shape index (κ2) is 10.5. The maximum absolute atomic E-state index is 13.2. The topological polar surface area (TPSA) is 102 Å². The second-order valence-electron chi connectivity index (χ2n) is 7.99. The number of benzene rings is 1. The number of carboxylic acids is 1. The summed E-state index contributed by atoms with van der Waals surface area (Å²) in [6.07, 6.45) is 0. The van der Waals surface area contributed by atoms with Crippen LogP contribution in [-0.2, 0) is 20.9 Å². The molecular weight excluding hydrogens is 391 g/mol. The second-order valence-corrected chi connectivity index (χ2v) is 7.99. The van der Waals surface area contributed by atoms with Crippen molar-refractivity contribution in [2.45, 2.75) is 45.4 Å². The van der Waals surface area contributed by atoms with Gasteiger partial charge in [-0.05, 0) is 37.6 Å². The average molecular weight is 423 g/mol. The molecule has 0 spiro atoms. The average Bonchev–Trinajstić information content (AvgIpc) is 2.72. The van der Waals surface area contributed by atoms with Gasteiger partial charge in [0.25, 0.3) is 0 Å². The molecule has 9 heteroatoms. The van der Waals surface area contributed by atoms with E-state index in [1.54, 1.807) is 26.1 Å². The molecule has 0 aromatic heterocycles. The van der Waals surface area contributed by atoms with Crippen molar-refractivity contribution in [1.29, 1.82) is 0 Å². The highest BCUT2D eigenvalue weighted by Crippen LogP contribution is 2.17. The lowest BCUT2D eigenvalue weighted by Gasteiger charge is -2.41. The van der Waals surface area contributed by atoms with E-state index in [1.165, 1.54) is 17.0 Å². The molecule has 30 heavy (non-hydrogen) atoms. The molecule has 0 unspecified atom stereocenters. The van der Waals surface area contributed by atoms with Gasteiger partial charge in [0.05, 0.1) is 6.04 Å². The summed E-state index contributed by atoms with van der Waals surface area (Å²) < 4.78 is 13.1. The monoisotopic (exact) mass is 422 g/mol. The lowest BCUT2D eigenvalue weighted by atomic mass is 10.00. The third-order valence-corrected chi connectivity index (χ3v) is 5.41. The molecule has 3 atom stereocenters. The number of hydrogen-bond acceptors (Lipinski definition) is 5. The van der Waals surface area contributed by atoms with Crippen LogP contribution in [0.2, 0.25) is 0 Å². The molecule has 1 aromatic rings. The number of carboxylic acid groups (broad SMARTS) is 1. The lowest BCUT2D eigenvalue weighted by molar-refractivity contribution is -0.155. The zero-order valence-corrected chi connectivity index (χ0v) is 17.9. The summed E-state index contributed by atoms with van der Waals surface area (Å²) in [5.41, 5.74) is 0.869. The number of nitrogens with one attached hydrogen (secondary N) is 2. The first-order valence-corrected chi connectivity index (χ1v) is 10.1. The fourth-order valence-corrected chi connectivity index (χ4v) is 3.41. The van der Waals surface area contributed by atoms with Crippen LogP contribution in [-0.4, -0.2) is 77.5 Å². The van der Waals surface area contributed by atoms with Crippen LogP contribution in [0.25, 0.3) is 0 Å². The van der Waals surface area contributed by atoms with Gasteiger partial charge in [-0.3, -0.25) is 14.5 Å². The van der Waals surface area contributed by atoms with Crippen molar-refractivity contribution in [3.05, 3.63) is 35.6 Å². The van der Waals surface area contributed by atoms with E-state index in [-0.39, 0.29) is 30.7 Å². The zero-order chi connectivity index (χ0) is 22.4. The van der Waals surface area contributed by atoms with Gasteiger partial charge < -0.3 is 20.6 Å². The van der Waals surface area contributed by atoms with E-state index in [0.29, 0.717) is 13.1 Å². The van der Waals surface area contributed by atoms with E-state index < -0.39 is 30.0 Å². The molecule has 1 fully saturated rings. The third-order valence-electron chi connectivity index (χ3n) is 5.41. The molecule has 1 aliphatic heterocycles. The molecule has 8 nitrogen and oxygen atoms in total. The molecule has 0 aliphatic carbocycles. The minimum absolute atomic E-state index is 0.157. The van der Waals surface area contributed by atoms with Crippen molar-refractivity contribution in [3.63, 3.8) is 0 Å². The number of nitrogens with zero attached hydrogens (tertiary/aromatic N) is 2. The minimum Gasteiger partial charge on any atom is -0.480 e. The SMILES string of the molecule is CN[C@@H](C)C(=O)N[C@H](C(=O)N1CCN(Cc2ccc(F)cc2)C[C@H]1C(=O)O)C(C)C. The van der Waals surface area contributed by atoms with Crippen LogP contribution in [0.15, 0.2) is 24.3 Å². The molecule has 0 radical (unpaired) electrons. The Bertz CT molecular complexity index is 756. The van der Waals surface area contributed by atoms with Crippen molar-refractivity contribution in [2.75, 3.05) is 26.7 Å². The Morgan fingerprint density at radius 2 is 1.80 bits per heavy atom. The minimum atomic E-state index is -1.09. The Morgan fingerprint density at radius 1 is 1.17 bits per heavy atom. The molecule has 1 saturated heterocycles. The highest BCUT2D eigenvalue weighted by Gasteiger charge is 2.39. The number of likely N-dealkylation sites (N-methyl/N-ethyl adjacent to an activating group) is 1. The summed E-state index contributed by atoms with van der Waals surface area (Å²) in [5.74, 6) is -2.32. The van der Waals surface area contributed by atoms with Gasteiger partial charge in [0, 0.05) is 26.2 Å². The number of carbonyl (C=O) groups excluding carboxylic acids is 2. The first-order chi connectivity index (χ1) is 14.1. The van der Waals surface area contributed by atoms with E-state index >= 15 is 0 Å². The lowest BCUT2D eigenvalue weighted by Crippen LogP contribution is -2.63. The van der Waals surface area contributed by atoms with Gasteiger partial charge in [-0.15, -0.1) is 0 Å². The standard InChI is InChI=1S/C21H31FN4O4/c1-13(2)18(24-19(27)14(3)23-4)20(28)26-10-9-25(12-17(26)21(29)30)11-15-5-7-16(22)8-6-15/h5-8,13-14,17-18,23H,9-12H2,1-4H3,(H,24,27)(H,29,30)/t14-,17-,18-/m0/s1. The molecule has 2 amide bonds. The summed E-state index contributed by atoms with van der Waals surface area (Å²) in [6, 6.07) is 3.76. The van der Waals surface area contributed by atoms with Crippen LogP contribution in [0.5, 0.6) is 0 Å². The number of halogens is 1. The summed E-state index contributed by atoms with van der Waals surface area (Å²) in [5, 5.41) is 15.3. The van der Waals surface area contributed by atoms with Gasteiger partial charge in [-0.25, -0.2) is 9.18 Å². The van der Waals surface area contributed by atoms with E-state index in [1.807, 2.05) is 18.7 Å². The number of hydrogen-bond donors (Lipinski definition) is 3. The van der Waals surface area contributed by atoms with Crippen molar-refractivity contribution < 1.29 is 23.9 Å². The normalized spacial score (nSPS) is 19.4. The quantitative estimate of drug-likeness (QED) is 0.569. The Morgan fingerprint density at radius 3 is 2.33 bits per heavy atom. The number of rotatable bonds is 8. The fraction of sp³-hybridized carbons (Fsp3) is 0.571. The van der Waals surface area contributed by atoms with Gasteiger partial charge in [-0.1, -0.05) is 26.0 Å². The first-order valence-electron chi connectivity index (χ1n) is 10.1. The van der Waals surface area contributed by atoms with Gasteiger partial charge >= 0.3 is 5.97 Å². The van der Waals surface area contributed by atoms with E-state index in [2.05, 4.69) is 10.6 Å². The Hall–Kier alpha value is -2.52. The van der Waals surface area contributed by atoms with E-state index in [4.69, 9.17) is 0 Å². The van der Waals surface area contributed by atoms with Crippen LogP contribution in [0.1, 0.15) is 26.3 Å². The van der Waals surface area contributed by atoms with Gasteiger partial charge in [0.15, 0.2) is 0 Å². The van der Waals surface area contributed by atoms with Crippen molar-refractivity contribution >= 4 is 17.8 Å². The maximum atomic E-state index is 13.2. The van der Waals surface area contributed by atoms with Gasteiger partial charge in [0.1, 0.15) is 17.9 Å². The molecule has 1 aliphatic rings.